The summed E-state index contributed by atoms with van der Waals surface area (Å²) in [5, 5.41) is 20.8. The molecule has 5 nitrogen and oxygen atoms in total. The molecule has 2 rings (SSSR count). The van der Waals surface area contributed by atoms with E-state index in [1.807, 2.05) is 12.1 Å². The fraction of sp³-hybridized carbons (Fsp3) is 0.467. The van der Waals surface area contributed by atoms with E-state index < -0.39 is 17.8 Å². The van der Waals surface area contributed by atoms with Crippen LogP contribution in [0.15, 0.2) is 24.3 Å². The van der Waals surface area contributed by atoms with Gasteiger partial charge in [0, 0.05) is 6.54 Å². The highest BCUT2D eigenvalue weighted by atomic mass is 16.4. The number of amides is 1. The Balaban J connectivity index is 1.89. The minimum Gasteiger partial charge on any atom is -0.481 e. The number of carboxylic acids is 1. The molecule has 20 heavy (non-hydrogen) atoms. The highest BCUT2D eigenvalue weighted by Crippen LogP contribution is 2.32. The quantitative estimate of drug-likeness (QED) is 0.757. The SMILES string of the molecule is O=C(O)C1CCCC1C(=O)NCc1ccc(CO)cc1. The van der Waals surface area contributed by atoms with Crippen LogP contribution in [-0.4, -0.2) is 22.1 Å². The third-order valence-corrected chi connectivity index (χ3v) is 3.84. The lowest BCUT2D eigenvalue weighted by atomic mass is 9.95. The predicted molar refractivity (Wildman–Crippen MR) is 72.7 cm³/mol. The Morgan fingerprint density at radius 3 is 2.30 bits per heavy atom. The predicted octanol–water partition coefficient (Wildman–Crippen LogP) is 1.30. The zero-order valence-electron chi connectivity index (χ0n) is 11.2. The third kappa shape index (κ3) is 3.36. The van der Waals surface area contributed by atoms with Crippen molar-refractivity contribution in [3.05, 3.63) is 35.4 Å². The van der Waals surface area contributed by atoms with E-state index in [-0.39, 0.29) is 12.5 Å². The van der Waals surface area contributed by atoms with Gasteiger partial charge in [0.05, 0.1) is 18.4 Å². The van der Waals surface area contributed by atoms with Gasteiger partial charge in [-0.3, -0.25) is 9.59 Å². The number of aliphatic hydroxyl groups is 1. The van der Waals surface area contributed by atoms with Gasteiger partial charge in [0.25, 0.3) is 0 Å². The average Bonchev–Trinajstić information content (AvgIpc) is 2.95. The molecule has 0 radical (unpaired) electrons. The van der Waals surface area contributed by atoms with E-state index in [9.17, 15) is 9.59 Å². The summed E-state index contributed by atoms with van der Waals surface area (Å²) in [6.07, 6.45) is 2.02. The first-order valence-electron chi connectivity index (χ1n) is 6.81. The summed E-state index contributed by atoms with van der Waals surface area (Å²) in [5.41, 5.74) is 1.75. The van der Waals surface area contributed by atoms with Crippen LogP contribution >= 0.6 is 0 Å². The molecule has 0 heterocycles. The molecule has 2 atom stereocenters. The molecule has 5 heteroatoms. The zero-order chi connectivity index (χ0) is 14.5. The molecule has 0 bridgehead atoms. The van der Waals surface area contributed by atoms with Gasteiger partial charge in [0.2, 0.25) is 5.91 Å². The van der Waals surface area contributed by atoms with E-state index in [0.717, 1.165) is 17.5 Å². The van der Waals surface area contributed by atoms with E-state index in [1.165, 1.54) is 0 Å². The first-order chi connectivity index (χ1) is 9.61. The second-order valence-corrected chi connectivity index (χ2v) is 5.17. The number of carbonyl (C=O) groups is 2. The molecule has 1 amide bonds. The number of benzene rings is 1. The number of carbonyl (C=O) groups excluding carboxylic acids is 1. The van der Waals surface area contributed by atoms with Crippen molar-refractivity contribution in [1.82, 2.24) is 5.32 Å². The van der Waals surface area contributed by atoms with Gasteiger partial charge in [-0.2, -0.15) is 0 Å². The van der Waals surface area contributed by atoms with Crippen molar-refractivity contribution in [2.75, 3.05) is 0 Å². The first kappa shape index (κ1) is 14.5. The third-order valence-electron chi connectivity index (χ3n) is 3.84. The number of nitrogens with one attached hydrogen (secondary N) is 1. The molecule has 1 aliphatic carbocycles. The van der Waals surface area contributed by atoms with Crippen LogP contribution in [0.3, 0.4) is 0 Å². The number of aliphatic carboxylic acids is 1. The summed E-state index contributed by atoms with van der Waals surface area (Å²) in [7, 11) is 0. The molecular formula is C15H19NO4. The van der Waals surface area contributed by atoms with Crippen molar-refractivity contribution < 1.29 is 19.8 Å². The maximum atomic E-state index is 12.0. The van der Waals surface area contributed by atoms with Gasteiger partial charge in [0.1, 0.15) is 0 Å². The number of aliphatic hydroxyl groups excluding tert-OH is 1. The van der Waals surface area contributed by atoms with Crippen LogP contribution in [0.4, 0.5) is 0 Å². The van der Waals surface area contributed by atoms with Crippen LogP contribution in [0.25, 0.3) is 0 Å². The van der Waals surface area contributed by atoms with Crippen molar-refractivity contribution >= 4 is 11.9 Å². The minimum atomic E-state index is -0.880. The topological polar surface area (TPSA) is 86.6 Å². The molecule has 1 aliphatic rings. The second kappa shape index (κ2) is 6.52. The molecule has 1 aromatic rings. The smallest absolute Gasteiger partial charge is 0.307 e. The van der Waals surface area contributed by atoms with Crippen molar-refractivity contribution in [2.24, 2.45) is 11.8 Å². The van der Waals surface area contributed by atoms with Crippen molar-refractivity contribution in [2.45, 2.75) is 32.4 Å². The van der Waals surface area contributed by atoms with Gasteiger partial charge in [-0.25, -0.2) is 0 Å². The van der Waals surface area contributed by atoms with Crippen LogP contribution in [0.2, 0.25) is 0 Å². The van der Waals surface area contributed by atoms with Crippen molar-refractivity contribution in [3.8, 4) is 0 Å². The summed E-state index contributed by atoms with van der Waals surface area (Å²) in [5.74, 6) is -2.02. The lowest BCUT2D eigenvalue weighted by Gasteiger charge is -2.15. The normalized spacial score (nSPS) is 21.6. The summed E-state index contributed by atoms with van der Waals surface area (Å²) >= 11 is 0. The molecule has 3 N–H and O–H groups in total. The monoisotopic (exact) mass is 277 g/mol. The molecule has 1 aromatic carbocycles. The Morgan fingerprint density at radius 2 is 1.70 bits per heavy atom. The van der Waals surface area contributed by atoms with Gasteiger partial charge in [-0.05, 0) is 24.0 Å². The highest BCUT2D eigenvalue weighted by molar-refractivity contribution is 5.85. The molecule has 0 aromatic heterocycles. The second-order valence-electron chi connectivity index (χ2n) is 5.17. The zero-order valence-corrected chi connectivity index (χ0v) is 11.2. The number of rotatable bonds is 5. The maximum Gasteiger partial charge on any atom is 0.307 e. The fourth-order valence-corrected chi connectivity index (χ4v) is 2.65. The standard InChI is InChI=1S/C15H19NO4/c17-9-11-6-4-10(5-7-11)8-16-14(18)12-2-1-3-13(12)15(19)20/h4-7,12-13,17H,1-3,8-9H2,(H,16,18)(H,19,20). The van der Waals surface area contributed by atoms with Crippen LogP contribution < -0.4 is 5.32 Å². The first-order valence-corrected chi connectivity index (χ1v) is 6.81. The fourth-order valence-electron chi connectivity index (χ4n) is 2.65. The Hall–Kier alpha value is -1.88. The molecule has 0 aliphatic heterocycles. The molecule has 2 unspecified atom stereocenters. The van der Waals surface area contributed by atoms with Gasteiger partial charge in [-0.1, -0.05) is 30.7 Å². The summed E-state index contributed by atoms with van der Waals surface area (Å²) < 4.78 is 0. The maximum absolute atomic E-state index is 12.0. The molecule has 0 spiro atoms. The van der Waals surface area contributed by atoms with Crippen LogP contribution in [0.1, 0.15) is 30.4 Å². The van der Waals surface area contributed by atoms with E-state index in [1.54, 1.807) is 12.1 Å². The molecule has 0 saturated heterocycles. The lowest BCUT2D eigenvalue weighted by molar-refractivity contribution is -0.146. The molecular weight excluding hydrogens is 258 g/mol. The largest absolute Gasteiger partial charge is 0.481 e. The lowest BCUT2D eigenvalue weighted by Crippen LogP contribution is -2.34. The summed E-state index contributed by atoms with van der Waals surface area (Å²) in [4.78, 5) is 23.1. The van der Waals surface area contributed by atoms with Crippen LogP contribution in [0, 0.1) is 11.8 Å². The van der Waals surface area contributed by atoms with Crippen molar-refractivity contribution in [1.29, 1.82) is 0 Å². The molecule has 1 saturated carbocycles. The van der Waals surface area contributed by atoms with E-state index in [4.69, 9.17) is 10.2 Å². The van der Waals surface area contributed by atoms with Crippen molar-refractivity contribution in [3.63, 3.8) is 0 Å². The number of hydrogen-bond donors (Lipinski definition) is 3. The van der Waals surface area contributed by atoms with E-state index in [0.29, 0.717) is 19.4 Å². The van der Waals surface area contributed by atoms with E-state index >= 15 is 0 Å². The van der Waals surface area contributed by atoms with Crippen LogP contribution in [-0.2, 0) is 22.7 Å². The van der Waals surface area contributed by atoms with Gasteiger partial charge >= 0.3 is 5.97 Å². The van der Waals surface area contributed by atoms with E-state index in [2.05, 4.69) is 5.32 Å². The van der Waals surface area contributed by atoms with Gasteiger partial charge in [-0.15, -0.1) is 0 Å². The number of carboxylic acid groups (broad SMARTS) is 1. The Morgan fingerprint density at radius 1 is 1.10 bits per heavy atom. The average molecular weight is 277 g/mol. The Bertz CT molecular complexity index is 483. The summed E-state index contributed by atoms with van der Waals surface area (Å²) in [6, 6.07) is 7.29. The Labute approximate surface area is 117 Å². The Kier molecular flexibility index (Phi) is 4.74. The molecule has 1 fully saturated rings. The molecule has 108 valence electrons. The highest BCUT2D eigenvalue weighted by Gasteiger charge is 2.37. The van der Waals surface area contributed by atoms with Gasteiger partial charge in [0.15, 0.2) is 0 Å². The van der Waals surface area contributed by atoms with Crippen LogP contribution in [0.5, 0.6) is 0 Å². The number of hydrogen-bond acceptors (Lipinski definition) is 3. The summed E-state index contributed by atoms with van der Waals surface area (Å²) in [6.45, 7) is 0.377. The minimum absolute atomic E-state index is 0.00496. The van der Waals surface area contributed by atoms with Gasteiger partial charge < -0.3 is 15.5 Å².